The summed E-state index contributed by atoms with van der Waals surface area (Å²) in [7, 11) is 0. The third kappa shape index (κ3) is 4.35. The molecule has 0 spiro atoms. The Morgan fingerprint density at radius 3 is 2.82 bits per heavy atom. The molecule has 0 saturated heterocycles. The molecule has 1 heterocycles. The highest BCUT2D eigenvalue weighted by atomic mass is 16.8. The fourth-order valence-electron chi connectivity index (χ4n) is 1.93. The molecule has 0 saturated carbocycles. The van der Waals surface area contributed by atoms with Gasteiger partial charge in [-0.1, -0.05) is 40.6 Å². The number of rotatable bonds is 8. The molecule has 1 aliphatic heterocycles. The first-order valence-corrected chi connectivity index (χ1v) is 6.83. The van der Waals surface area contributed by atoms with Crippen LogP contribution in [-0.4, -0.2) is 53.0 Å². The van der Waals surface area contributed by atoms with Crippen molar-refractivity contribution < 1.29 is 24.3 Å². The van der Waals surface area contributed by atoms with Gasteiger partial charge in [-0.25, -0.2) is 0 Å². The number of aliphatic hydroxyl groups excluding tert-OH is 1. The maximum absolute atomic E-state index is 11.0. The molecule has 118 valence electrons. The van der Waals surface area contributed by atoms with E-state index in [1.807, 2.05) is 30.3 Å². The van der Waals surface area contributed by atoms with E-state index in [1.54, 1.807) is 12.2 Å². The summed E-state index contributed by atoms with van der Waals surface area (Å²) in [5, 5.41) is 19.7. The molecule has 0 aromatic heterocycles. The van der Waals surface area contributed by atoms with Gasteiger partial charge in [-0.3, -0.25) is 10.1 Å². The van der Waals surface area contributed by atoms with E-state index in [9.17, 15) is 10.1 Å². The fraction of sp³-hybridized carbons (Fsp3) is 0.357. The van der Waals surface area contributed by atoms with Gasteiger partial charge in [-0.05, 0) is 11.6 Å². The second-order valence-corrected chi connectivity index (χ2v) is 4.50. The van der Waals surface area contributed by atoms with E-state index in [-0.39, 0.29) is 13.2 Å². The number of hydrazine groups is 1. The van der Waals surface area contributed by atoms with E-state index in [4.69, 9.17) is 14.7 Å². The van der Waals surface area contributed by atoms with Crippen LogP contribution in [0, 0.1) is 10.1 Å². The third-order valence-electron chi connectivity index (χ3n) is 2.97. The predicted molar refractivity (Wildman–Crippen MR) is 78.5 cm³/mol. The Morgan fingerprint density at radius 1 is 1.36 bits per heavy atom. The molecular formula is C14H18N3O5+. The molecule has 0 bridgehead atoms. The second kappa shape index (κ2) is 8.23. The summed E-state index contributed by atoms with van der Waals surface area (Å²) in [6.07, 6.45) is 2.16. The largest absolute Gasteiger partial charge is 0.425 e. The van der Waals surface area contributed by atoms with Gasteiger partial charge in [0, 0.05) is 6.08 Å². The molecule has 1 unspecified atom stereocenters. The molecular weight excluding hydrogens is 290 g/mol. The summed E-state index contributed by atoms with van der Waals surface area (Å²) in [6, 6.07) is 9.47. The van der Waals surface area contributed by atoms with Crippen LogP contribution in [0.1, 0.15) is 5.56 Å². The minimum Gasteiger partial charge on any atom is -0.394 e. The van der Waals surface area contributed by atoms with Gasteiger partial charge in [0.25, 0.3) is 0 Å². The zero-order valence-corrected chi connectivity index (χ0v) is 11.9. The van der Waals surface area contributed by atoms with E-state index in [0.717, 1.165) is 5.56 Å². The van der Waals surface area contributed by atoms with E-state index in [2.05, 4.69) is 5.59 Å². The second-order valence-electron chi connectivity index (χ2n) is 4.50. The Labute approximate surface area is 127 Å². The van der Waals surface area contributed by atoms with Crippen molar-refractivity contribution in [2.75, 3.05) is 26.4 Å². The molecule has 1 atom stereocenters. The quantitative estimate of drug-likeness (QED) is 0.308. The van der Waals surface area contributed by atoms with Crippen molar-refractivity contribution in [3.05, 3.63) is 52.1 Å². The van der Waals surface area contributed by atoms with Gasteiger partial charge >= 0.3 is 11.9 Å². The van der Waals surface area contributed by atoms with Gasteiger partial charge in [0.05, 0.1) is 18.1 Å². The van der Waals surface area contributed by atoms with Gasteiger partial charge in [0.15, 0.2) is 6.54 Å². The van der Waals surface area contributed by atoms with Crippen LogP contribution < -0.4 is 5.59 Å². The number of nitrogens with one attached hydrogen (secondary N) is 1. The molecule has 0 fully saturated rings. The summed E-state index contributed by atoms with van der Waals surface area (Å²) >= 11 is 0. The molecule has 1 aliphatic rings. The van der Waals surface area contributed by atoms with Crippen LogP contribution in [0.5, 0.6) is 0 Å². The lowest BCUT2D eigenvalue weighted by molar-refractivity contribution is -0.640. The Hall–Kier alpha value is -2.29. The number of ether oxygens (including phenoxy) is 1. The number of aliphatic hydroxyl groups is 1. The summed E-state index contributed by atoms with van der Waals surface area (Å²) in [5.74, 6) is 0. The van der Waals surface area contributed by atoms with E-state index in [0.29, 0.717) is 18.9 Å². The maximum Gasteiger partial charge on any atom is 0.425 e. The first kappa shape index (κ1) is 16.1. The SMILES string of the molecule is O=[N+]([O-])C1ON[N+](CCOCCO)=C1/C=C/c1ccccc1. The molecule has 0 amide bonds. The summed E-state index contributed by atoms with van der Waals surface area (Å²) in [4.78, 5) is 15.5. The Balaban J connectivity index is 2.11. The minimum absolute atomic E-state index is 0.0636. The first-order chi connectivity index (χ1) is 10.7. The van der Waals surface area contributed by atoms with Gasteiger partial charge in [-0.2, -0.15) is 0 Å². The average Bonchev–Trinajstić information content (AvgIpc) is 2.94. The van der Waals surface area contributed by atoms with Gasteiger partial charge < -0.3 is 9.84 Å². The molecule has 1 aromatic carbocycles. The van der Waals surface area contributed by atoms with Gasteiger partial charge in [0.2, 0.25) is 0 Å². The molecule has 8 heteroatoms. The maximum atomic E-state index is 11.0. The van der Waals surface area contributed by atoms with Crippen molar-refractivity contribution in [1.82, 2.24) is 5.59 Å². The zero-order chi connectivity index (χ0) is 15.8. The molecule has 2 rings (SSSR count). The van der Waals surface area contributed by atoms with Gasteiger partial charge in [0.1, 0.15) is 6.61 Å². The smallest absolute Gasteiger partial charge is 0.394 e. The minimum atomic E-state index is -1.27. The predicted octanol–water partition coefficient (Wildman–Crippen LogP) is 0.215. The van der Waals surface area contributed by atoms with Crippen LogP contribution in [0.25, 0.3) is 6.08 Å². The first-order valence-electron chi connectivity index (χ1n) is 6.83. The highest BCUT2D eigenvalue weighted by Gasteiger charge is 2.42. The van der Waals surface area contributed by atoms with Gasteiger partial charge in [-0.15, -0.1) is 4.84 Å². The van der Waals surface area contributed by atoms with Crippen molar-refractivity contribution in [3.63, 3.8) is 0 Å². The number of benzene rings is 1. The van der Waals surface area contributed by atoms with E-state index < -0.39 is 11.2 Å². The summed E-state index contributed by atoms with van der Waals surface area (Å²) < 4.78 is 6.68. The van der Waals surface area contributed by atoms with Crippen LogP contribution in [0.2, 0.25) is 0 Å². The van der Waals surface area contributed by atoms with Crippen LogP contribution in [0.15, 0.2) is 36.4 Å². The highest BCUT2D eigenvalue weighted by Crippen LogP contribution is 2.07. The number of hydrogen-bond donors (Lipinski definition) is 2. The molecule has 0 radical (unpaired) electrons. The number of nitro groups is 1. The highest BCUT2D eigenvalue weighted by molar-refractivity contribution is 5.97. The Morgan fingerprint density at radius 2 is 2.14 bits per heavy atom. The van der Waals surface area contributed by atoms with Crippen molar-refractivity contribution in [2.45, 2.75) is 6.23 Å². The fourth-order valence-corrected chi connectivity index (χ4v) is 1.93. The van der Waals surface area contributed by atoms with Crippen molar-refractivity contribution >= 4 is 11.8 Å². The molecule has 0 aliphatic carbocycles. The molecule has 22 heavy (non-hydrogen) atoms. The average molecular weight is 308 g/mol. The van der Waals surface area contributed by atoms with Crippen LogP contribution in [0.4, 0.5) is 0 Å². The monoisotopic (exact) mass is 308 g/mol. The van der Waals surface area contributed by atoms with Crippen LogP contribution in [0.3, 0.4) is 0 Å². The molecule has 1 aromatic rings. The topological polar surface area (TPSA) is 96.9 Å². The number of hydrazone groups is 1. The van der Waals surface area contributed by atoms with Crippen molar-refractivity contribution in [3.8, 4) is 0 Å². The molecule has 2 N–H and O–H groups in total. The summed E-state index contributed by atoms with van der Waals surface area (Å²) in [5.41, 5.74) is 3.83. The Bertz CT molecular complexity index is 559. The van der Waals surface area contributed by atoms with Crippen LogP contribution >= 0.6 is 0 Å². The van der Waals surface area contributed by atoms with E-state index in [1.165, 1.54) is 4.68 Å². The summed E-state index contributed by atoms with van der Waals surface area (Å²) in [6.45, 7) is 0.831. The number of nitrogens with zero attached hydrogens (tertiary/aromatic N) is 2. The number of hydrogen-bond acceptors (Lipinski definition) is 6. The molecule has 8 nitrogen and oxygen atoms in total. The Kier molecular flexibility index (Phi) is 6.01. The normalized spacial score (nSPS) is 18.0. The zero-order valence-electron chi connectivity index (χ0n) is 11.9. The third-order valence-corrected chi connectivity index (χ3v) is 2.97. The standard InChI is InChI=1S/C14H18N3O5/c18-9-11-21-10-8-16-13(14(17(19)20)22-15-16)7-6-12-4-2-1-3-5-12/h1-7,14-15,18H,8-11H2/q+1/b7-6+. The van der Waals surface area contributed by atoms with E-state index >= 15 is 0 Å². The van der Waals surface area contributed by atoms with Crippen LogP contribution in [-0.2, 0) is 9.57 Å². The van der Waals surface area contributed by atoms with Crippen molar-refractivity contribution in [2.24, 2.45) is 0 Å². The lowest BCUT2D eigenvalue weighted by atomic mass is 10.2. The lowest BCUT2D eigenvalue weighted by Crippen LogP contribution is -2.30. The lowest BCUT2D eigenvalue weighted by Gasteiger charge is -1.99. The van der Waals surface area contributed by atoms with Crippen molar-refractivity contribution in [1.29, 1.82) is 0 Å².